The first-order chi connectivity index (χ1) is 13.1. The Kier molecular flexibility index (Phi) is 4.68. The molecule has 1 amide bonds. The molecule has 1 aliphatic rings. The van der Waals surface area contributed by atoms with Gasteiger partial charge in [0.05, 0.1) is 25.5 Å². The number of nitrogens with one attached hydrogen (secondary N) is 1. The van der Waals surface area contributed by atoms with Crippen LogP contribution in [0.5, 0.6) is 0 Å². The van der Waals surface area contributed by atoms with Crippen LogP contribution in [0, 0.1) is 6.92 Å². The highest BCUT2D eigenvalue weighted by atomic mass is 16.5. The Bertz CT molecular complexity index is 933. The number of rotatable bonds is 5. The quantitative estimate of drug-likeness (QED) is 0.730. The zero-order valence-electron chi connectivity index (χ0n) is 15.1. The molecule has 0 unspecified atom stereocenters. The smallest absolute Gasteiger partial charge is 0.271 e. The molecule has 140 valence electrons. The average molecular weight is 368 g/mol. The summed E-state index contributed by atoms with van der Waals surface area (Å²) >= 11 is 0. The van der Waals surface area contributed by atoms with Crippen LogP contribution < -0.4 is 5.32 Å². The summed E-state index contributed by atoms with van der Waals surface area (Å²) in [6.07, 6.45) is 2.24. The third-order valence-corrected chi connectivity index (χ3v) is 4.64. The molecule has 0 aliphatic carbocycles. The van der Waals surface area contributed by atoms with Gasteiger partial charge in [-0.25, -0.2) is 4.68 Å². The number of hydrogen-bond acceptors (Lipinski definition) is 7. The third-order valence-electron chi connectivity index (χ3n) is 4.64. The molecule has 0 radical (unpaired) electrons. The largest absolute Gasteiger partial charge is 0.373 e. The summed E-state index contributed by atoms with van der Waals surface area (Å²) in [5.74, 6) is 0.736. The van der Waals surface area contributed by atoms with Gasteiger partial charge in [-0.05, 0) is 18.9 Å². The molecule has 9 nitrogen and oxygen atoms in total. The summed E-state index contributed by atoms with van der Waals surface area (Å²) in [5, 5.41) is 14.2. The highest BCUT2D eigenvalue weighted by Crippen LogP contribution is 2.37. The van der Waals surface area contributed by atoms with E-state index in [1.54, 1.807) is 7.05 Å². The second-order valence-corrected chi connectivity index (χ2v) is 6.64. The summed E-state index contributed by atoms with van der Waals surface area (Å²) in [4.78, 5) is 16.5. The predicted octanol–water partition coefficient (Wildman–Crippen LogP) is 1.68. The lowest BCUT2D eigenvalue weighted by atomic mass is 9.99. The third kappa shape index (κ3) is 3.72. The highest BCUT2D eigenvalue weighted by molar-refractivity contribution is 5.91. The Labute approximate surface area is 155 Å². The molecule has 1 N–H and O–H groups in total. The molecule has 2 atom stereocenters. The number of aromatic nitrogens is 5. The van der Waals surface area contributed by atoms with Crippen molar-refractivity contribution in [1.29, 1.82) is 0 Å². The van der Waals surface area contributed by atoms with E-state index in [-0.39, 0.29) is 24.5 Å². The lowest BCUT2D eigenvalue weighted by Gasteiger charge is -2.09. The molecule has 4 rings (SSSR count). The van der Waals surface area contributed by atoms with Crippen molar-refractivity contribution < 1.29 is 14.1 Å². The van der Waals surface area contributed by atoms with E-state index in [1.165, 1.54) is 16.4 Å². The maximum Gasteiger partial charge on any atom is 0.271 e. The SMILES string of the molecule is Cc1ccc([C@H]2C[C@H](c3noc(CNC(=O)c4cnnn4C)n3)CO2)cc1. The van der Waals surface area contributed by atoms with Crippen LogP contribution in [0.4, 0.5) is 0 Å². The molecule has 3 aromatic rings. The van der Waals surface area contributed by atoms with Crippen molar-refractivity contribution in [1.82, 2.24) is 30.5 Å². The zero-order valence-corrected chi connectivity index (χ0v) is 15.1. The molecule has 2 aromatic heterocycles. The predicted molar refractivity (Wildman–Crippen MR) is 93.7 cm³/mol. The number of carbonyl (C=O) groups excluding carboxylic acids is 1. The van der Waals surface area contributed by atoms with Crippen LogP contribution in [-0.4, -0.2) is 37.6 Å². The molecule has 3 heterocycles. The highest BCUT2D eigenvalue weighted by Gasteiger charge is 2.31. The van der Waals surface area contributed by atoms with Gasteiger partial charge < -0.3 is 14.6 Å². The Morgan fingerprint density at radius 2 is 2.15 bits per heavy atom. The molecule has 27 heavy (non-hydrogen) atoms. The molecule has 9 heteroatoms. The number of aryl methyl sites for hydroxylation is 2. The molecule has 0 saturated carbocycles. The maximum atomic E-state index is 12.1. The summed E-state index contributed by atoms with van der Waals surface area (Å²) in [6.45, 7) is 2.75. The van der Waals surface area contributed by atoms with Gasteiger partial charge >= 0.3 is 0 Å². The lowest BCUT2D eigenvalue weighted by molar-refractivity contribution is 0.0937. The van der Waals surface area contributed by atoms with E-state index in [0.29, 0.717) is 24.0 Å². The summed E-state index contributed by atoms with van der Waals surface area (Å²) in [6, 6.07) is 8.34. The van der Waals surface area contributed by atoms with Crippen LogP contribution in [0.25, 0.3) is 0 Å². The van der Waals surface area contributed by atoms with E-state index in [0.717, 1.165) is 12.0 Å². The molecule has 0 spiro atoms. The van der Waals surface area contributed by atoms with Crippen LogP contribution >= 0.6 is 0 Å². The fraction of sp³-hybridized carbons (Fsp3) is 0.389. The van der Waals surface area contributed by atoms with Crippen LogP contribution in [0.15, 0.2) is 35.0 Å². The Balaban J connectivity index is 1.35. The standard InChI is InChI=1S/C18H20N6O3/c1-11-3-5-12(6-4-11)15-7-13(10-26-15)17-21-16(27-22-17)9-19-18(25)14-8-20-23-24(14)2/h3-6,8,13,15H,7,9-10H2,1-2H3,(H,19,25)/t13-,15+/m0/s1. The van der Waals surface area contributed by atoms with Gasteiger partial charge in [-0.1, -0.05) is 40.2 Å². The summed E-state index contributed by atoms with van der Waals surface area (Å²) in [5.41, 5.74) is 2.74. The minimum atomic E-state index is -0.300. The van der Waals surface area contributed by atoms with E-state index in [2.05, 4.69) is 57.0 Å². The molecule has 0 bridgehead atoms. The molecular formula is C18H20N6O3. The van der Waals surface area contributed by atoms with Gasteiger partial charge in [-0.3, -0.25) is 4.79 Å². The van der Waals surface area contributed by atoms with Gasteiger partial charge in [0.15, 0.2) is 5.82 Å². The normalized spacial score (nSPS) is 19.3. The summed E-state index contributed by atoms with van der Waals surface area (Å²) in [7, 11) is 1.65. The van der Waals surface area contributed by atoms with Gasteiger partial charge in [0.2, 0.25) is 5.89 Å². The van der Waals surface area contributed by atoms with Crippen LogP contribution in [0.1, 0.15) is 51.8 Å². The van der Waals surface area contributed by atoms with Crippen LogP contribution in [-0.2, 0) is 18.3 Å². The molecule has 1 saturated heterocycles. The second kappa shape index (κ2) is 7.28. The molecule has 1 fully saturated rings. The molecular weight excluding hydrogens is 348 g/mol. The van der Waals surface area contributed by atoms with Crippen molar-refractivity contribution in [3.63, 3.8) is 0 Å². The van der Waals surface area contributed by atoms with Crippen molar-refractivity contribution in [2.24, 2.45) is 7.05 Å². The summed E-state index contributed by atoms with van der Waals surface area (Å²) < 4.78 is 12.6. The van der Waals surface area contributed by atoms with Gasteiger partial charge in [0.1, 0.15) is 5.69 Å². The van der Waals surface area contributed by atoms with Crippen molar-refractivity contribution >= 4 is 5.91 Å². The first kappa shape index (κ1) is 17.3. The molecule has 1 aromatic carbocycles. The minimum absolute atomic E-state index is 0.0367. The lowest BCUT2D eigenvalue weighted by Crippen LogP contribution is -2.25. The van der Waals surface area contributed by atoms with Crippen molar-refractivity contribution in [2.75, 3.05) is 6.61 Å². The van der Waals surface area contributed by atoms with E-state index < -0.39 is 0 Å². The van der Waals surface area contributed by atoms with Crippen molar-refractivity contribution in [2.45, 2.75) is 31.9 Å². The number of ether oxygens (including phenoxy) is 1. The van der Waals surface area contributed by atoms with Gasteiger partial charge in [-0.15, -0.1) is 5.10 Å². The number of hydrogen-bond donors (Lipinski definition) is 1. The Morgan fingerprint density at radius 3 is 2.89 bits per heavy atom. The first-order valence-electron chi connectivity index (χ1n) is 8.73. The van der Waals surface area contributed by atoms with Crippen molar-refractivity contribution in [3.05, 3.63) is 59.0 Å². The van der Waals surface area contributed by atoms with Gasteiger partial charge in [0, 0.05) is 13.0 Å². The fourth-order valence-electron chi connectivity index (χ4n) is 3.07. The Morgan fingerprint density at radius 1 is 1.33 bits per heavy atom. The van der Waals surface area contributed by atoms with Crippen LogP contribution in [0.2, 0.25) is 0 Å². The van der Waals surface area contributed by atoms with E-state index in [1.807, 2.05) is 0 Å². The number of nitrogens with zero attached hydrogens (tertiary/aromatic N) is 5. The topological polar surface area (TPSA) is 108 Å². The average Bonchev–Trinajstić information content (AvgIpc) is 3.40. The number of amides is 1. The number of carbonyl (C=O) groups is 1. The monoisotopic (exact) mass is 368 g/mol. The van der Waals surface area contributed by atoms with Gasteiger partial charge in [0.25, 0.3) is 5.91 Å². The van der Waals surface area contributed by atoms with E-state index in [4.69, 9.17) is 9.26 Å². The van der Waals surface area contributed by atoms with Crippen LogP contribution in [0.3, 0.4) is 0 Å². The van der Waals surface area contributed by atoms with E-state index in [9.17, 15) is 4.79 Å². The zero-order chi connectivity index (χ0) is 18.8. The number of benzene rings is 1. The Hall–Kier alpha value is -3.07. The van der Waals surface area contributed by atoms with Gasteiger partial charge in [-0.2, -0.15) is 4.98 Å². The first-order valence-corrected chi connectivity index (χ1v) is 8.73. The fourth-order valence-corrected chi connectivity index (χ4v) is 3.07. The second-order valence-electron chi connectivity index (χ2n) is 6.64. The maximum absolute atomic E-state index is 12.1. The van der Waals surface area contributed by atoms with Crippen molar-refractivity contribution in [3.8, 4) is 0 Å². The minimum Gasteiger partial charge on any atom is -0.373 e. The molecule has 1 aliphatic heterocycles. The van der Waals surface area contributed by atoms with E-state index >= 15 is 0 Å².